The molecule has 0 unspecified atom stereocenters. The van der Waals surface area contributed by atoms with Crippen molar-refractivity contribution in [3.8, 4) is 23.0 Å². The van der Waals surface area contributed by atoms with E-state index in [0.29, 0.717) is 92.6 Å². The Morgan fingerprint density at radius 1 is 0.953 bits per heavy atom. The smallest absolute Gasteiger partial charge is 0.295 e. The van der Waals surface area contributed by atoms with Crippen molar-refractivity contribution in [3.63, 3.8) is 0 Å². The summed E-state index contributed by atoms with van der Waals surface area (Å²) in [6.07, 6.45) is 1.56. The van der Waals surface area contributed by atoms with Gasteiger partial charge in [-0.3, -0.25) is 14.5 Å². The zero-order valence-electron chi connectivity index (χ0n) is 25.3. The summed E-state index contributed by atoms with van der Waals surface area (Å²) in [4.78, 5) is 31.0. The van der Waals surface area contributed by atoms with Crippen LogP contribution in [0.1, 0.15) is 50.8 Å². The molecular weight excluding hydrogens is 552 g/mol. The van der Waals surface area contributed by atoms with Crippen molar-refractivity contribution in [2.75, 3.05) is 65.8 Å². The van der Waals surface area contributed by atoms with Crippen molar-refractivity contribution < 1.29 is 38.4 Å². The van der Waals surface area contributed by atoms with Crippen LogP contribution < -0.4 is 18.9 Å². The van der Waals surface area contributed by atoms with E-state index in [4.69, 9.17) is 23.7 Å². The van der Waals surface area contributed by atoms with Crippen molar-refractivity contribution >= 4 is 17.4 Å². The van der Waals surface area contributed by atoms with Gasteiger partial charge in [-0.1, -0.05) is 19.9 Å². The average Bonchev–Trinajstić information content (AvgIpc) is 3.26. The summed E-state index contributed by atoms with van der Waals surface area (Å²) in [5, 5.41) is 11.6. The van der Waals surface area contributed by atoms with Crippen LogP contribution in [0, 0.1) is 5.92 Å². The Bertz CT molecular complexity index is 1330. The van der Waals surface area contributed by atoms with Crippen LogP contribution in [-0.4, -0.2) is 92.4 Å². The Morgan fingerprint density at radius 2 is 1.72 bits per heavy atom. The number of ketones is 1. The number of fused-ring (bicyclic) bond motifs is 1. The monoisotopic (exact) mass is 594 g/mol. The van der Waals surface area contributed by atoms with Crippen LogP contribution in [0.2, 0.25) is 0 Å². The summed E-state index contributed by atoms with van der Waals surface area (Å²) >= 11 is 0. The largest absolute Gasteiger partial charge is 0.507 e. The van der Waals surface area contributed by atoms with Gasteiger partial charge in [0.25, 0.3) is 11.7 Å². The SMILES string of the molecule is CCOc1cc([C@@H]2/C(=C(\O)c3ccc4c(c3)OCCO4)C(=O)C(=O)N2CCCN2CCOCC2)ccc1OCCC(C)C. The molecule has 3 aliphatic rings. The van der Waals surface area contributed by atoms with Gasteiger partial charge in [0.1, 0.15) is 19.0 Å². The fourth-order valence-electron chi connectivity index (χ4n) is 5.58. The fourth-order valence-corrected chi connectivity index (χ4v) is 5.58. The Balaban J connectivity index is 1.50. The molecule has 0 radical (unpaired) electrons. The van der Waals surface area contributed by atoms with Gasteiger partial charge in [0, 0.05) is 31.7 Å². The minimum absolute atomic E-state index is 0.0315. The van der Waals surface area contributed by atoms with Crippen molar-refractivity contribution in [2.45, 2.75) is 39.7 Å². The maximum Gasteiger partial charge on any atom is 0.295 e. The first kappa shape index (κ1) is 30.7. The van der Waals surface area contributed by atoms with E-state index in [1.54, 1.807) is 23.1 Å². The van der Waals surface area contributed by atoms with Crippen LogP contribution >= 0.6 is 0 Å². The molecule has 0 spiro atoms. The number of amides is 1. The highest BCUT2D eigenvalue weighted by molar-refractivity contribution is 6.46. The molecule has 0 aliphatic carbocycles. The van der Waals surface area contributed by atoms with E-state index < -0.39 is 17.7 Å². The molecule has 2 aromatic carbocycles. The van der Waals surface area contributed by atoms with Crippen molar-refractivity contribution in [2.24, 2.45) is 5.92 Å². The third-order valence-corrected chi connectivity index (χ3v) is 7.87. The quantitative estimate of drug-likeness (QED) is 0.217. The van der Waals surface area contributed by atoms with Crippen molar-refractivity contribution in [3.05, 3.63) is 53.1 Å². The highest BCUT2D eigenvalue weighted by Gasteiger charge is 2.46. The zero-order valence-corrected chi connectivity index (χ0v) is 25.3. The molecule has 10 nitrogen and oxygen atoms in total. The number of aliphatic hydroxyl groups is 1. The van der Waals surface area contributed by atoms with Gasteiger partial charge in [-0.05, 0) is 61.6 Å². The van der Waals surface area contributed by atoms with E-state index in [1.165, 1.54) is 0 Å². The number of benzene rings is 2. The molecule has 1 atom stereocenters. The number of morpholine rings is 1. The van der Waals surface area contributed by atoms with E-state index >= 15 is 0 Å². The number of aliphatic hydroxyl groups excluding tert-OH is 1. The molecule has 0 bridgehead atoms. The number of Topliss-reactive ketones (excluding diaryl/α,β-unsaturated/α-hetero) is 1. The Hall–Kier alpha value is -3.76. The number of carbonyl (C=O) groups excluding carboxylic acids is 2. The van der Waals surface area contributed by atoms with Gasteiger partial charge in [-0.15, -0.1) is 0 Å². The second kappa shape index (κ2) is 14.1. The summed E-state index contributed by atoms with van der Waals surface area (Å²) in [6, 6.07) is 9.69. The Kier molecular flexibility index (Phi) is 10.1. The lowest BCUT2D eigenvalue weighted by molar-refractivity contribution is -0.140. The predicted octanol–water partition coefficient (Wildman–Crippen LogP) is 4.43. The predicted molar refractivity (Wildman–Crippen MR) is 161 cm³/mol. The molecule has 3 heterocycles. The lowest BCUT2D eigenvalue weighted by Gasteiger charge is -2.29. The van der Waals surface area contributed by atoms with E-state index in [-0.39, 0.29) is 11.3 Å². The van der Waals surface area contributed by atoms with E-state index in [9.17, 15) is 14.7 Å². The second-order valence-electron chi connectivity index (χ2n) is 11.3. The minimum atomic E-state index is -0.804. The van der Waals surface area contributed by atoms with E-state index in [1.807, 2.05) is 25.1 Å². The van der Waals surface area contributed by atoms with E-state index in [0.717, 1.165) is 26.1 Å². The maximum atomic E-state index is 13.6. The number of likely N-dealkylation sites (tertiary alicyclic amines) is 1. The van der Waals surface area contributed by atoms with Crippen LogP contribution in [0.5, 0.6) is 23.0 Å². The molecule has 10 heteroatoms. The third-order valence-electron chi connectivity index (χ3n) is 7.87. The first-order valence-electron chi connectivity index (χ1n) is 15.3. The van der Waals surface area contributed by atoms with E-state index in [2.05, 4.69) is 18.7 Å². The van der Waals surface area contributed by atoms with Gasteiger partial charge in [-0.25, -0.2) is 0 Å². The molecule has 0 aromatic heterocycles. The van der Waals surface area contributed by atoms with Crippen LogP contribution in [0.4, 0.5) is 0 Å². The number of nitrogens with zero attached hydrogens (tertiary/aromatic N) is 2. The van der Waals surface area contributed by atoms with Gasteiger partial charge in [-0.2, -0.15) is 0 Å². The van der Waals surface area contributed by atoms with Gasteiger partial charge >= 0.3 is 0 Å². The van der Waals surface area contributed by atoms with Gasteiger partial charge in [0.05, 0.1) is 38.0 Å². The normalized spacial score (nSPS) is 20.1. The maximum absolute atomic E-state index is 13.6. The van der Waals surface area contributed by atoms with Crippen molar-refractivity contribution in [1.82, 2.24) is 9.80 Å². The van der Waals surface area contributed by atoms with Crippen LogP contribution in [0.15, 0.2) is 42.0 Å². The van der Waals surface area contributed by atoms with Crippen LogP contribution in [0.3, 0.4) is 0 Å². The molecule has 1 amide bonds. The topological polar surface area (TPSA) is 107 Å². The highest BCUT2D eigenvalue weighted by atomic mass is 16.6. The summed E-state index contributed by atoms with van der Waals surface area (Å²) in [7, 11) is 0. The first-order chi connectivity index (χ1) is 20.9. The summed E-state index contributed by atoms with van der Waals surface area (Å²) in [5.74, 6) is 1.05. The molecular formula is C33H42N2O8. The van der Waals surface area contributed by atoms with Gasteiger partial charge < -0.3 is 33.7 Å². The minimum Gasteiger partial charge on any atom is -0.507 e. The molecule has 0 saturated carbocycles. The number of carbonyl (C=O) groups is 2. The Morgan fingerprint density at radius 3 is 2.47 bits per heavy atom. The van der Waals surface area contributed by atoms with Gasteiger partial charge in [0.2, 0.25) is 0 Å². The van der Waals surface area contributed by atoms with Crippen LogP contribution in [0.25, 0.3) is 5.76 Å². The van der Waals surface area contributed by atoms with Crippen LogP contribution in [-0.2, 0) is 14.3 Å². The molecule has 1 N–H and O–H groups in total. The third kappa shape index (κ3) is 7.08. The summed E-state index contributed by atoms with van der Waals surface area (Å²) in [6.45, 7) is 12.1. The molecule has 43 heavy (non-hydrogen) atoms. The summed E-state index contributed by atoms with van der Waals surface area (Å²) in [5.41, 5.74) is 1.06. The van der Waals surface area contributed by atoms with Crippen molar-refractivity contribution in [1.29, 1.82) is 0 Å². The lowest BCUT2D eigenvalue weighted by atomic mass is 9.94. The molecule has 3 aliphatic heterocycles. The molecule has 2 fully saturated rings. The summed E-state index contributed by atoms with van der Waals surface area (Å²) < 4.78 is 28.8. The fraction of sp³-hybridized carbons (Fsp3) is 0.515. The number of rotatable bonds is 12. The zero-order chi connectivity index (χ0) is 30.3. The number of hydrogen-bond donors (Lipinski definition) is 1. The second-order valence-corrected chi connectivity index (χ2v) is 11.3. The van der Waals surface area contributed by atoms with Gasteiger partial charge in [0.15, 0.2) is 23.0 Å². The molecule has 232 valence electrons. The molecule has 5 rings (SSSR count). The lowest BCUT2D eigenvalue weighted by Crippen LogP contribution is -2.39. The average molecular weight is 595 g/mol. The Labute approximate surface area is 253 Å². The standard InChI is InChI=1S/C33H42N2O8/c1-4-40-27-20-23(6-8-25(27)41-15-10-22(2)3)30-29(31(36)24-7-9-26-28(21-24)43-19-18-42-26)32(37)33(38)35(30)12-5-11-34-13-16-39-17-14-34/h6-9,20-22,30,36H,4-5,10-19H2,1-3H3/b31-29+/t30-/m1/s1. The first-order valence-corrected chi connectivity index (χ1v) is 15.3. The molecule has 2 saturated heterocycles. The number of ether oxygens (including phenoxy) is 5. The molecule has 2 aromatic rings. The highest BCUT2D eigenvalue weighted by Crippen LogP contribution is 2.43. The number of hydrogen-bond acceptors (Lipinski definition) is 9.